The van der Waals surface area contributed by atoms with Crippen LogP contribution < -0.4 is 5.32 Å². The number of nitrogens with zero attached hydrogens (tertiary/aromatic N) is 3. The minimum absolute atomic E-state index is 0.100. The molecule has 2 aliphatic heterocycles. The Balaban J connectivity index is 0.000000255. The first-order valence-electron chi connectivity index (χ1n) is 11.0. The topological polar surface area (TPSA) is 76.5 Å². The fourth-order valence-electron chi connectivity index (χ4n) is 3.00. The van der Waals surface area contributed by atoms with Crippen molar-refractivity contribution < 1.29 is 14.3 Å². The van der Waals surface area contributed by atoms with Crippen molar-refractivity contribution in [3.8, 4) is 0 Å². The summed E-state index contributed by atoms with van der Waals surface area (Å²) in [5, 5.41) is 4.03. The molecule has 0 aliphatic carbocycles. The molecule has 0 saturated carbocycles. The quantitative estimate of drug-likeness (QED) is 0.555. The molecule has 0 unspecified atom stereocenters. The van der Waals surface area contributed by atoms with Crippen LogP contribution in [0.25, 0.3) is 0 Å². The lowest BCUT2D eigenvalue weighted by Gasteiger charge is -2.27. The second-order valence-electron chi connectivity index (χ2n) is 6.64. The van der Waals surface area contributed by atoms with Crippen LogP contribution in [0.3, 0.4) is 0 Å². The normalized spacial score (nSPS) is 14.2. The van der Waals surface area contributed by atoms with Gasteiger partial charge in [-0.1, -0.05) is 57.2 Å². The molecule has 3 heterocycles. The number of hydrogen-bond donors (Lipinski definition) is 1. The number of fused-ring (bicyclic) bond motifs is 1. The van der Waals surface area contributed by atoms with Gasteiger partial charge < -0.3 is 19.5 Å². The van der Waals surface area contributed by atoms with Crippen LogP contribution in [0.1, 0.15) is 42.6 Å². The Hall–Kier alpha value is -2.48. The van der Waals surface area contributed by atoms with Gasteiger partial charge in [0.05, 0.1) is 26.0 Å². The number of aryl methyl sites for hydroxylation is 1. The highest BCUT2D eigenvalue weighted by Crippen LogP contribution is 2.14. The van der Waals surface area contributed by atoms with Crippen molar-refractivity contribution in [2.24, 2.45) is 0 Å². The Kier molecular flexibility index (Phi) is 13.9. The summed E-state index contributed by atoms with van der Waals surface area (Å²) in [5.74, 6) is 0.649. The Labute approximate surface area is 196 Å². The summed E-state index contributed by atoms with van der Waals surface area (Å²) in [7, 11) is 0. The number of halogens is 1. The molecule has 7 nitrogen and oxygen atoms in total. The number of amides is 1. The molecule has 1 aromatic heterocycles. The molecule has 2 aromatic rings. The van der Waals surface area contributed by atoms with Crippen LogP contribution in [0.4, 0.5) is 0 Å². The van der Waals surface area contributed by atoms with Crippen LogP contribution in [-0.4, -0.2) is 59.5 Å². The maximum absolute atomic E-state index is 11.4. The largest absolute Gasteiger partial charge is 0.379 e. The minimum atomic E-state index is -0.100. The van der Waals surface area contributed by atoms with Gasteiger partial charge in [-0.25, -0.2) is 4.98 Å². The monoisotopic (exact) mass is 462 g/mol. The number of carbonyl (C=O) groups is 2. The fourth-order valence-corrected chi connectivity index (χ4v) is 3.27. The molecule has 2 aliphatic rings. The first-order chi connectivity index (χ1) is 15.6. The lowest BCUT2D eigenvalue weighted by Crippen LogP contribution is -2.37. The molecule has 1 aromatic carbocycles. The molecule has 0 spiro atoms. The number of carbonyl (C=O) groups excluding carboxylic acids is 2. The third-order valence-electron chi connectivity index (χ3n) is 4.69. The zero-order valence-corrected chi connectivity index (χ0v) is 20.1. The summed E-state index contributed by atoms with van der Waals surface area (Å²) in [6.45, 7) is 15.0. The fraction of sp³-hybridized carbons (Fsp3) is 0.458. The third kappa shape index (κ3) is 8.94. The minimum Gasteiger partial charge on any atom is -0.379 e. The Morgan fingerprint density at radius 3 is 2.41 bits per heavy atom. The van der Waals surface area contributed by atoms with Crippen molar-refractivity contribution in [2.75, 3.05) is 32.8 Å². The molecular weight excluding hydrogens is 428 g/mol. The number of nitrogens with one attached hydrogen (secondary N) is 1. The lowest BCUT2D eigenvalue weighted by atomic mass is 10.2. The number of ether oxygens (including phenoxy) is 1. The molecule has 8 heteroatoms. The first-order valence-corrected chi connectivity index (χ1v) is 11.4. The van der Waals surface area contributed by atoms with Crippen molar-refractivity contribution in [1.29, 1.82) is 0 Å². The van der Waals surface area contributed by atoms with Crippen LogP contribution in [0, 0.1) is 0 Å². The number of aromatic nitrogens is 2. The molecule has 0 atom stereocenters. The maximum atomic E-state index is 11.4. The summed E-state index contributed by atoms with van der Waals surface area (Å²) in [5.41, 5.74) is 1.79. The van der Waals surface area contributed by atoms with Gasteiger partial charge in [-0.2, -0.15) is 0 Å². The maximum Gasteiger partial charge on any atom is 0.246 e. The summed E-state index contributed by atoms with van der Waals surface area (Å²) in [4.78, 5) is 27.8. The van der Waals surface area contributed by atoms with Gasteiger partial charge >= 0.3 is 0 Å². The zero-order chi connectivity index (χ0) is 23.8. The van der Waals surface area contributed by atoms with E-state index in [0.717, 1.165) is 49.9 Å². The predicted octanol–water partition coefficient (Wildman–Crippen LogP) is 3.76. The van der Waals surface area contributed by atoms with E-state index >= 15 is 0 Å². The standard InChI is InChI=1S/C10H11N3O2.C8H9Cl.C4H9NO.C2H6/c1-2-10(15)12-3-4-13-8(7-14)5-11-9(13)6-12;1-2-7-5-3-4-6-8(7)9;1-3-6-4-2-5-1;1-2/h2,5,7H,1,3-4,6H2;3-6H,2H2,1H3;5H,1-4H2;1-2H3. The van der Waals surface area contributed by atoms with E-state index in [0.29, 0.717) is 25.3 Å². The highest BCUT2D eigenvalue weighted by molar-refractivity contribution is 6.31. The Bertz CT molecular complexity index is 823. The Morgan fingerprint density at radius 1 is 1.25 bits per heavy atom. The van der Waals surface area contributed by atoms with E-state index in [1.807, 2.05) is 42.7 Å². The van der Waals surface area contributed by atoms with Gasteiger partial charge in [0.1, 0.15) is 11.5 Å². The van der Waals surface area contributed by atoms with Gasteiger partial charge in [0.25, 0.3) is 0 Å². The summed E-state index contributed by atoms with van der Waals surface area (Å²) >= 11 is 5.82. The summed E-state index contributed by atoms with van der Waals surface area (Å²) in [6, 6.07) is 7.91. The SMILES string of the molecule is C1COCCN1.C=CC(=O)N1CCn2c(C=O)cnc2C1.CC.CCc1ccccc1Cl. The van der Waals surface area contributed by atoms with Crippen molar-refractivity contribution in [3.05, 3.63) is 65.2 Å². The summed E-state index contributed by atoms with van der Waals surface area (Å²) in [6.07, 6.45) is 4.62. The van der Waals surface area contributed by atoms with Gasteiger partial charge in [0.2, 0.25) is 5.91 Å². The van der Waals surface area contributed by atoms with Crippen LogP contribution >= 0.6 is 11.6 Å². The van der Waals surface area contributed by atoms with Crippen LogP contribution in [0.2, 0.25) is 5.02 Å². The third-order valence-corrected chi connectivity index (χ3v) is 5.06. The summed E-state index contributed by atoms with van der Waals surface area (Å²) < 4.78 is 6.84. The van der Waals surface area contributed by atoms with Crippen LogP contribution in [0.15, 0.2) is 43.1 Å². The average Bonchev–Trinajstić information content (AvgIpc) is 3.29. The molecule has 1 N–H and O–H groups in total. The first kappa shape index (κ1) is 27.6. The van der Waals surface area contributed by atoms with Crippen molar-refractivity contribution in [2.45, 2.75) is 40.3 Å². The van der Waals surface area contributed by atoms with E-state index < -0.39 is 0 Å². The average molecular weight is 463 g/mol. The van der Waals surface area contributed by atoms with Gasteiger partial charge in [-0.3, -0.25) is 9.59 Å². The van der Waals surface area contributed by atoms with Gasteiger partial charge in [-0.15, -0.1) is 0 Å². The molecular formula is C24H35ClN4O3. The van der Waals surface area contributed by atoms with Crippen molar-refractivity contribution in [3.63, 3.8) is 0 Å². The number of imidazole rings is 1. The van der Waals surface area contributed by atoms with E-state index in [1.54, 1.807) is 4.90 Å². The van der Waals surface area contributed by atoms with E-state index in [9.17, 15) is 9.59 Å². The van der Waals surface area contributed by atoms with Crippen molar-refractivity contribution in [1.82, 2.24) is 19.8 Å². The zero-order valence-electron chi connectivity index (χ0n) is 19.3. The number of benzene rings is 1. The van der Waals surface area contributed by atoms with E-state index in [1.165, 1.54) is 17.8 Å². The molecule has 0 bridgehead atoms. The second kappa shape index (κ2) is 16.2. The van der Waals surface area contributed by atoms with E-state index in [4.69, 9.17) is 16.3 Å². The van der Waals surface area contributed by atoms with Crippen molar-refractivity contribution >= 4 is 23.8 Å². The van der Waals surface area contributed by atoms with Gasteiger partial charge in [0.15, 0.2) is 6.29 Å². The smallest absolute Gasteiger partial charge is 0.246 e. The lowest BCUT2D eigenvalue weighted by molar-refractivity contribution is -0.127. The molecule has 1 amide bonds. The van der Waals surface area contributed by atoms with Crippen LogP contribution in [0.5, 0.6) is 0 Å². The number of aldehydes is 1. The molecule has 4 rings (SSSR count). The van der Waals surface area contributed by atoms with E-state index in [-0.39, 0.29) is 5.91 Å². The highest BCUT2D eigenvalue weighted by atomic mass is 35.5. The number of hydrogen-bond acceptors (Lipinski definition) is 5. The molecule has 32 heavy (non-hydrogen) atoms. The van der Waals surface area contributed by atoms with Crippen LogP contribution in [-0.2, 0) is 29.0 Å². The predicted molar refractivity (Wildman–Crippen MR) is 129 cm³/mol. The van der Waals surface area contributed by atoms with Gasteiger partial charge in [-0.05, 0) is 24.1 Å². The highest BCUT2D eigenvalue weighted by Gasteiger charge is 2.21. The molecule has 1 fully saturated rings. The number of rotatable bonds is 3. The second-order valence-corrected chi connectivity index (χ2v) is 7.05. The number of morpholine rings is 1. The molecule has 0 radical (unpaired) electrons. The van der Waals surface area contributed by atoms with Gasteiger partial charge in [0, 0.05) is 31.2 Å². The Morgan fingerprint density at radius 2 is 1.94 bits per heavy atom. The molecule has 176 valence electrons. The van der Waals surface area contributed by atoms with E-state index in [2.05, 4.69) is 23.8 Å². The molecule has 1 saturated heterocycles.